The van der Waals surface area contributed by atoms with Gasteiger partial charge < -0.3 is 19.2 Å². The van der Waals surface area contributed by atoms with E-state index in [2.05, 4.69) is 28.4 Å². The molecule has 0 atom stereocenters. The van der Waals surface area contributed by atoms with Gasteiger partial charge >= 0.3 is 0 Å². The lowest BCUT2D eigenvalue weighted by Gasteiger charge is -2.11. The molecule has 0 bridgehead atoms. The van der Waals surface area contributed by atoms with Crippen LogP contribution in [0.1, 0.15) is 16.9 Å². The Morgan fingerprint density at radius 1 is 1.17 bits per heavy atom. The van der Waals surface area contributed by atoms with Crippen molar-refractivity contribution in [2.24, 2.45) is 0 Å². The van der Waals surface area contributed by atoms with Crippen molar-refractivity contribution in [3.63, 3.8) is 0 Å². The van der Waals surface area contributed by atoms with Crippen LogP contribution in [0.5, 0.6) is 11.6 Å². The first kappa shape index (κ1) is 19.9. The molecule has 3 aromatic rings. The number of oxazole rings is 1. The minimum Gasteiger partial charge on any atom is -0.491 e. The van der Waals surface area contributed by atoms with Crippen LogP contribution in [0.4, 0.5) is 5.69 Å². The average molecular weight is 391 g/mol. The molecule has 1 aromatic carbocycles. The summed E-state index contributed by atoms with van der Waals surface area (Å²) >= 11 is 0. The molecule has 2 aromatic heterocycles. The zero-order valence-corrected chi connectivity index (χ0v) is 15.8. The number of benzene rings is 1. The maximum atomic E-state index is 12.6. The zero-order chi connectivity index (χ0) is 20.5. The molecule has 1 amide bonds. The van der Waals surface area contributed by atoms with Crippen LogP contribution in [-0.2, 0) is 0 Å². The lowest BCUT2D eigenvalue weighted by molar-refractivity contribution is 0.102. The number of carbonyl (C=O) groups excluding carboxylic acids is 1. The molecule has 7 nitrogen and oxygen atoms in total. The third kappa shape index (κ3) is 5.32. The molecule has 0 aliphatic rings. The van der Waals surface area contributed by atoms with Crippen molar-refractivity contribution >= 4 is 11.6 Å². The van der Waals surface area contributed by atoms with Crippen LogP contribution in [0.25, 0.3) is 11.5 Å². The molecule has 0 saturated carbocycles. The number of nitrogens with one attached hydrogen (secondary N) is 1. The van der Waals surface area contributed by atoms with Crippen LogP contribution in [0.15, 0.2) is 78.6 Å². The number of hydrogen-bond acceptors (Lipinski definition) is 6. The number of nitrogens with zero attached hydrogens (tertiary/aromatic N) is 2. The molecule has 2 heterocycles. The Hall–Kier alpha value is -3.87. The first-order chi connectivity index (χ1) is 14.2. The molecule has 7 heteroatoms. The summed E-state index contributed by atoms with van der Waals surface area (Å²) in [7, 11) is 0. The topological polar surface area (TPSA) is 86.5 Å². The van der Waals surface area contributed by atoms with Gasteiger partial charge in [-0.1, -0.05) is 30.9 Å². The summed E-state index contributed by atoms with van der Waals surface area (Å²) in [6.45, 7) is 8.08. The molecule has 0 saturated heterocycles. The minimum absolute atomic E-state index is 0.145. The number of rotatable bonds is 10. The highest BCUT2D eigenvalue weighted by Crippen LogP contribution is 2.26. The van der Waals surface area contributed by atoms with Crippen LogP contribution < -0.4 is 14.8 Å². The molecule has 29 heavy (non-hydrogen) atoms. The van der Waals surface area contributed by atoms with E-state index >= 15 is 0 Å². The predicted molar refractivity (Wildman–Crippen MR) is 110 cm³/mol. The second-order valence-electron chi connectivity index (χ2n) is 5.90. The van der Waals surface area contributed by atoms with Gasteiger partial charge in [-0.05, 0) is 24.6 Å². The molecule has 1 N–H and O–H groups in total. The van der Waals surface area contributed by atoms with Gasteiger partial charge in [-0.25, -0.2) is 9.97 Å². The Kier molecular flexibility index (Phi) is 6.78. The van der Waals surface area contributed by atoms with Crippen LogP contribution in [0.3, 0.4) is 0 Å². The Morgan fingerprint density at radius 2 is 2.03 bits per heavy atom. The molecule has 0 radical (unpaired) electrons. The number of ether oxygens (including phenoxy) is 2. The van der Waals surface area contributed by atoms with Crippen molar-refractivity contribution in [1.82, 2.24) is 9.97 Å². The summed E-state index contributed by atoms with van der Waals surface area (Å²) < 4.78 is 16.5. The molecule has 0 aliphatic heterocycles. The van der Waals surface area contributed by atoms with E-state index in [4.69, 9.17) is 13.9 Å². The Bertz CT molecular complexity index is 997. The van der Waals surface area contributed by atoms with E-state index in [0.717, 1.165) is 0 Å². The summed E-state index contributed by atoms with van der Waals surface area (Å²) in [6.07, 6.45) is 6.98. The molecule has 0 fully saturated rings. The van der Waals surface area contributed by atoms with Gasteiger partial charge in [-0.15, -0.1) is 6.58 Å². The van der Waals surface area contributed by atoms with Crippen LogP contribution in [0, 0.1) is 0 Å². The molecule has 0 unspecified atom stereocenters. The van der Waals surface area contributed by atoms with E-state index in [1.54, 1.807) is 42.6 Å². The second kappa shape index (κ2) is 9.89. The van der Waals surface area contributed by atoms with Gasteiger partial charge in [0.2, 0.25) is 11.8 Å². The van der Waals surface area contributed by atoms with E-state index in [9.17, 15) is 4.79 Å². The molecule has 0 spiro atoms. The van der Waals surface area contributed by atoms with Crippen molar-refractivity contribution in [3.05, 3.63) is 79.9 Å². The fourth-order valence-electron chi connectivity index (χ4n) is 2.41. The number of hydrogen-bond donors (Lipinski definition) is 1. The van der Waals surface area contributed by atoms with Crippen LogP contribution >= 0.6 is 0 Å². The lowest BCUT2D eigenvalue weighted by atomic mass is 10.2. The summed E-state index contributed by atoms with van der Waals surface area (Å²) in [4.78, 5) is 21.0. The maximum Gasteiger partial charge on any atom is 0.277 e. The third-order valence-electron chi connectivity index (χ3n) is 3.78. The maximum absolute atomic E-state index is 12.6. The first-order valence-corrected chi connectivity index (χ1v) is 9.01. The summed E-state index contributed by atoms with van der Waals surface area (Å²) in [6, 6.07) is 10.6. The largest absolute Gasteiger partial charge is 0.491 e. The highest BCUT2D eigenvalue weighted by Gasteiger charge is 2.16. The second-order valence-corrected chi connectivity index (χ2v) is 5.90. The van der Waals surface area contributed by atoms with Gasteiger partial charge in [0.15, 0.2) is 5.69 Å². The van der Waals surface area contributed by atoms with E-state index in [-0.39, 0.29) is 11.6 Å². The number of amides is 1. The Labute approximate surface area is 168 Å². The minimum atomic E-state index is -0.406. The molecular formula is C22H21N3O4. The number of anilines is 1. The number of para-hydroxylation sites is 2. The summed E-state index contributed by atoms with van der Waals surface area (Å²) in [5.74, 6) is 0.871. The quantitative estimate of drug-likeness (QED) is 0.404. The standard InChI is InChI=1S/C22H21N3O4/c1-3-5-13-27-19-9-7-6-8-17(19)24-21(26)18-15-29-22(25-18)16-10-11-23-20(14-16)28-12-4-2/h3-4,6-11,14-15H,1-2,5,12-13H2,(H,24,26). The summed E-state index contributed by atoms with van der Waals surface area (Å²) in [5, 5.41) is 2.80. The van der Waals surface area contributed by atoms with Crippen molar-refractivity contribution < 1.29 is 18.7 Å². The zero-order valence-electron chi connectivity index (χ0n) is 15.8. The fourth-order valence-corrected chi connectivity index (χ4v) is 2.41. The third-order valence-corrected chi connectivity index (χ3v) is 3.78. The Balaban J connectivity index is 1.72. The number of aromatic nitrogens is 2. The average Bonchev–Trinajstić information content (AvgIpc) is 3.24. The number of pyridine rings is 1. The number of carbonyl (C=O) groups is 1. The predicted octanol–water partition coefficient (Wildman–Crippen LogP) is 4.51. The smallest absolute Gasteiger partial charge is 0.277 e. The van der Waals surface area contributed by atoms with Crippen molar-refractivity contribution in [2.45, 2.75) is 6.42 Å². The van der Waals surface area contributed by atoms with Gasteiger partial charge in [-0.3, -0.25) is 4.79 Å². The van der Waals surface area contributed by atoms with E-state index in [1.807, 2.05) is 12.1 Å². The monoisotopic (exact) mass is 391 g/mol. The molecule has 0 aliphatic carbocycles. The van der Waals surface area contributed by atoms with Gasteiger partial charge in [0.25, 0.3) is 5.91 Å². The molecular weight excluding hydrogens is 370 g/mol. The SMILES string of the molecule is C=CCCOc1ccccc1NC(=O)c1coc(-c2ccnc(OCC=C)c2)n1. The van der Waals surface area contributed by atoms with Gasteiger partial charge in [0.05, 0.1) is 12.3 Å². The molecule has 3 rings (SSSR count). The van der Waals surface area contributed by atoms with Crippen molar-refractivity contribution in [1.29, 1.82) is 0 Å². The van der Waals surface area contributed by atoms with Gasteiger partial charge in [0.1, 0.15) is 18.6 Å². The van der Waals surface area contributed by atoms with E-state index < -0.39 is 5.91 Å². The van der Waals surface area contributed by atoms with Crippen molar-refractivity contribution in [3.8, 4) is 23.1 Å². The molecule has 148 valence electrons. The van der Waals surface area contributed by atoms with Crippen molar-refractivity contribution in [2.75, 3.05) is 18.5 Å². The first-order valence-electron chi connectivity index (χ1n) is 9.01. The van der Waals surface area contributed by atoms with Gasteiger partial charge in [-0.2, -0.15) is 0 Å². The highest BCUT2D eigenvalue weighted by atomic mass is 16.5. The highest BCUT2D eigenvalue weighted by molar-refractivity contribution is 6.03. The van der Waals surface area contributed by atoms with Gasteiger partial charge in [0, 0.05) is 17.8 Å². The van der Waals surface area contributed by atoms with Crippen LogP contribution in [-0.4, -0.2) is 29.1 Å². The van der Waals surface area contributed by atoms with E-state index in [0.29, 0.717) is 42.5 Å². The van der Waals surface area contributed by atoms with Crippen LogP contribution in [0.2, 0.25) is 0 Å². The normalized spacial score (nSPS) is 10.2. The summed E-state index contributed by atoms with van der Waals surface area (Å²) in [5.41, 5.74) is 1.34. The fraction of sp³-hybridized carbons (Fsp3) is 0.136. The Morgan fingerprint density at radius 3 is 2.86 bits per heavy atom. The lowest BCUT2D eigenvalue weighted by Crippen LogP contribution is -2.13. The van der Waals surface area contributed by atoms with E-state index in [1.165, 1.54) is 6.26 Å².